The Bertz CT molecular complexity index is 335. The van der Waals surface area contributed by atoms with Gasteiger partial charge in [0.25, 0.3) is 0 Å². The summed E-state index contributed by atoms with van der Waals surface area (Å²) < 4.78 is 0. The zero-order valence-electron chi connectivity index (χ0n) is 9.26. The van der Waals surface area contributed by atoms with Gasteiger partial charge in [-0.1, -0.05) is 31.6 Å². The van der Waals surface area contributed by atoms with Gasteiger partial charge < -0.3 is 0 Å². The molecule has 0 saturated heterocycles. The van der Waals surface area contributed by atoms with Gasteiger partial charge in [-0.3, -0.25) is 4.79 Å². The zero-order chi connectivity index (χ0) is 10.6. The van der Waals surface area contributed by atoms with Gasteiger partial charge in [0.15, 0.2) is 0 Å². The third-order valence-corrected chi connectivity index (χ3v) is 3.72. The predicted octanol–water partition coefficient (Wildman–Crippen LogP) is 3.12. The Balaban J connectivity index is 2.39. The average molecular weight is 190 g/mol. The highest BCUT2D eigenvalue weighted by molar-refractivity contribution is 5.93. The molecule has 0 aromatic carbocycles. The SMILES string of the molecule is C=CC1CC12C(=O)CC(C)(C)C=C2C. The van der Waals surface area contributed by atoms with Gasteiger partial charge in [-0.05, 0) is 24.7 Å². The number of carbonyl (C=O) groups is 1. The van der Waals surface area contributed by atoms with E-state index in [1.54, 1.807) is 0 Å². The van der Waals surface area contributed by atoms with Gasteiger partial charge in [0.1, 0.15) is 5.78 Å². The largest absolute Gasteiger partial charge is 0.299 e. The van der Waals surface area contributed by atoms with E-state index < -0.39 is 0 Å². The number of rotatable bonds is 1. The van der Waals surface area contributed by atoms with Crippen molar-refractivity contribution in [2.75, 3.05) is 0 Å². The predicted molar refractivity (Wildman–Crippen MR) is 57.9 cm³/mol. The minimum Gasteiger partial charge on any atom is -0.299 e. The van der Waals surface area contributed by atoms with Crippen molar-refractivity contribution >= 4 is 5.78 Å². The monoisotopic (exact) mass is 190 g/mol. The van der Waals surface area contributed by atoms with Crippen LogP contribution < -0.4 is 0 Å². The highest BCUT2D eigenvalue weighted by atomic mass is 16.1. The van der Waals surface area contributed by atoms with Crippen molar-refractivity contribution in [3.05, 3.63) is 24.3 Å². The van der Waals surface area contributed by atoms with Gasteiger partial charge in [0, 0.05) is 6.42 Å². The van der Waals surface area contributed by atoms with E-state index in [1.165, 1.54) is 5.57 Å². The molecule has 1 spiro atoms. The van der Waals surface area contributed by atoms with Gasteiger partial charge >= 0.3 is 0 Å². The van der Waals surface area contributed by atoms with Crippen LogP contribution in [0.25, 0.3) is 0 Å². The average Bonchev–Trinajstić information content (AvgIpc) is 2.74. The smallest absolute Gasteiger partial charge is 0.144 e. The van der Waals surface area contributed by atoms with E-state index in [9.17, 15) is 4.79 Å². The van der Waals surface area contributed by atoms with Crippen LogP contribution in [0.1, 0.15) is 33.6 Å². The minimum absolute atomic E-state index is 0.0563. The molecule has 2 unspecified atom stereocenters. The molecule has 1 heteroatoms. The molecule has 0 aliphatic heterocycles. The lowest BCUT2D eigenvalue weighted by Gasteiger charge is -2.31. The van der Waals surface area contributed by atoms with E-state index in [4.69, 9.17) is 0 Å². The van der Waals surface area contributed by atoms with Gasteiger partial charge in [-0.15, -0.1) is 6.58 Å². The summed E-state index contributed by atoms with van der Waals surface area (Å²) in [6, 6.07) is 0. The molecule has 0 heterocycles. The van der Waals surface area contributed by atoms with Crippen molar-refractivity contribution < 1.29 is 4.79 Å². The van der Waals surface area contributed by atoms with E-state index in [0.29, 0.717) is 18.1 Å². The highest BCUT2D eigenvalue weighted by Gasteiger charge is 2.60. The molecular weight excluding hydrogens is 172 g/mol. The first-order valence-electron chi connectivity index (χ1n) is 5.28. The first kappa shape index (κ1) is 9.70. The molecule has 2 atom stereocenters. The van der Waals surface area contributed by atoms with Crippen molar-refractivity contribution in [1.29, 1.82) is 0 Å². The van der Waals surface area contributed by atoms with E-state index in [-0.39, 0.29) is 10.8 Å². The van der Waals surface area contributed by atoms with Crippen molar-refractivity contribution in [2.24, 2.45) is 16.7 Å². The molecular formula is C13H18O. The van der Waals surface area contributed by atoms with Crippen LogP contribution in [0.4, 0.5) is 0 Å². The zero-order valence-corrected chi connectivity index (χ0v) is 9.26. The normalized spacial score (nSPS) is 39.5. The van der Waals surface area contributed by atoms with E-state index in [1.807, 2.05) is 6.08 Å². The fraction of sp³-hybridized carbons (Fsp3) is 0.615. The standard InChI is InChI=1S/C13H18O/c1-5-10-7-13(10)9(2)6-12(3,4)8-11(13)14/h5-6,10H,1,7-8H2,2-4H3. The lowest BCUT2D eigenvalue weighted by molar-refractivity contribution is -0.125. The molecule has 2 rings (SSSR count). The Morgan fingerprint density at radius 2 is 2.21 bits per heavy atom. The quantitative estimate of drug-likeness (QED) is 0.581. The van der Waals surface area contributed by atoms with E-state index >= 15 is 0 Å². The van der Waals surface area contributed by atoms with Crippen LogP contribution in [-0.4, -0.2) is 5.78 Å². The number of hydrogen-bond acceptors (Lipinski definition) is 1. The minimum atomic E-state index is -0.128. The summed E-state index contributed by atoms with van der Waals surface area (Å²) in [4.78, 5) is 12.1. The number of ketones is 1. The van der Waals surface area contributed by atoms with Gasteiger partial charge in [-0.25, -0.2) is 0 Å². The molecule has 2 aliphatic carbocycles. The van der Waals surface area contributed by atoms with Gasteiger partial charge in [0.05, 0.1) is 5.41 Å². The molecule has 0 aromatic heterocycles. The van der Waals surface area contributed by atoms with Crippen LogP contribution in [0, 0.1) is 16.7 Å². The summed E-state index contributed by atoms with van der Waals surface area (Å²) in [5, 5.41) is 0. The maximum absolute atomic E-state index is 12.1. The lowest BCUT2D eigenvalue weighted by Crippen LogP contribution is -2.30. The second-order valence-corrected chi connectivity index (χ2v) is 5.43. The number of carbonyl (C=O) groups excluding carboxylic acids is 1. The third-order valence-electron chi connectivity index (χ3n) is 3.72. The maximum atomic E-state index is 12.1. The molecule has 1 fully saturated rings. The number of hydrogen-bond donors (Lipinski definition) is 0. The topological polar surface area (TPSA) is 17.1 Å². The molecule has 2 aliphatic rings. The summed E-state index contributed by atoms with van der Waals surface area (Å²) in [7, 11) is 0. The molecule has 0 amide bonds. The van der Waals surface area contributed by atoms with Crippen molar-refractivity contribution in [2.45, 2.75) is 33.6 Å². The molecule has 14 heavy (non-hydrogen) atoms. The lowest BCUT2D eigenvalue weighted by atomic mass is 9.71. The first-order valence-corrected chi connectivity index (χ1v) is 5.28. The van der Waals surface area contributed by atoms with Gasteiger partial charge in [-0.2, -0.15) is 0 Å². The molecule has 0 aromatic rings. The summed E-state index contributed by atoms with van der Waals surface area (Å²) in [5.41, 5.74) is 1.20. The van der Waals surface area contributed by atoms with Crippen LogP contribution in [0.15, 0.2) is 24.3 Å². The first-order chi connectivity index (χ1) is 6.42. The van der Waals surface area contributed by atoms with Crippen molar-refractivity contribution in [1.82, 2.24) is 0 Å². The third kappa shape index (κ3) is 1.11. The molecule has 0 radical (unpaired) electrons. The second-order valence-electron chi connectivity index (χ2n) is 5.43. The summed E-state index contributed by atoms with van der Waals surface area (Å²) >= 11 is 0. The molecule has 1 saturated carbocycles. The Labute approximate surface area is 85.9 Å². The molecule has 76 valence electrons. The van der Waals surface area contributed by atoms with Crippen molar-refractivity contribution in [3.8, 4) is 0 Å². The summed E-state index contributed by atoms with van der Waals surface area (Å²) in [5.74, 6) is 0.828. The van der Waals surface area contributed by atoms with Gasteiger partial charge in [0.2, 0.25) is 0 Å². The molecule has 0 bridgehead atoms. The van der Waals surface area contributed by atoms with E-state index in [0.717, 1.165) is 6.42 Å². The van der Waals surface area contributed by atoms with E-state index in [2.05, 4.69) is 33.4 Å². The Morgan fingerprint density at radius 1 is 1.57 bits per heavy atom. The number of Topliss-reactive ketones (excluding diaryl/α,β-unsaturated/α-hetero) is 1. The van der Waals surface area contributed by atoms with Crippen LogP contribution in [-0.2, 0) is 4.79 Å². The highest BCUT2D eigenvalue weighted by Crippen LogP contribution is 2.62. The van der Waals surface area contributed by atoms with Crippen LogP contribution in [0.2, 0.25) is 0 Å². The summed E-state index contributed by atoms with van der Waals surface area (Å²) in [6.45, 7) is 10.2. The second kappa shape index (κ2) is 2.59. The van der Waals surface area contributed by atoms with Crippen LogP contribution in [0.5, 0.6) is 0 Å². The number of allylic oxidation sites excluding steroid dienone is 3. The van der Waals surface area contributed by atoms with Crippen LogP contribution >= 0.6 is 0 Å². The molecule has 0 N–H and O–H groups in total. The Hall–Kier alpha value is -0.850. The van der Waals surface area contributed by atoms with Crippen LogP contribution in [0.3, 0.4) is 0 Å². The summed E-state index contributed by atoms with van der Waals surface area (Å²) in [6.07, 6.45) is 5.90. The fourth-order valence-corrected chi connectivity index (χ4v) is 2.90. The maximum Gasteiger partial charge on any atom is 0.144 e. The van der Waals surface area contributed by atoms with Crippen molar-refractivity contribution in [3.63, 3.8) is 0 Å². The fourth-order valence-electron chi connectivity index (χ4n) is 2.90. The Kier molecular flexibility index (Phi) is 1.79. The molecule has 1 nitrogen and oxygen atoms in total. The Morgan fingerprint density at radius 3 is 2.64 bits per heavy atom.